The summed E-state index contributed by atoms with van der Waals surface area (Å²) in [6.45, 7) is 1.99. The van der Waals surface area contributed by atoms with Crippen molar-refractivity contribution in [1.29, 1.82) is 0 Å². The molecule has 2 aromatic rings. The van der Waals surface area contributed by atoms with Gasteiger partial charge in [0.05, 0.1) is 11.3 Å². The number of hydrogen-bond donors (Lipinski definition) is 2. The van der Waals surface area contributed by atoms with E-state index in [9.17, 15) is 4.79 Å². The van der Waals surface area contributed by atoms with Crippen LogP contribution in [-0.4, -0.2) is 21.0 Å². The van der Waals surface area contributed by atoms with Crippen molar-refractivity contribution in [3.8, 4) is 10.6 Å². The van der Waals surface area contributed by atoms with Crippen LogP contribution in [0.5, 0.6) is 0 Å². The minimum Gasteiger partial charge on any atom is -0.477 e. The van der Waals surface area contributed by atoms with Gasteiger partial charge in [-0.2, -0.15) is 0 Å². The molecule has 2 heterocycles. The minimum absolute atomic E-state index is 0.287. The topological polar surface area (TPSA) is 89.1 Å². The van der Waals surface area contributed by atoms with Gasteiger partial charge in [-0.1, -0.05) is 13.3 Å². The highest BCUT2D eigenvalue weighted by atomic mass is 32.1. The lowest BCUT2D eigenvalue weighted by atomic mass is 10.2. The number of thiazole rings is 1. The van der Waals surface area contributed by atoms with Crippen molar-refractivity contribution < 1.29 is 9.90 Å². The summed E-state index contributed by atoms with van der Waals surface area (Å²) < 4.78 is 0. The van der Waals surface area contributed by atoms with Gasteiger partial charge >= 0.3 is 5.97 Å². The maximum atomic E-state index is 11.1. The Balaban J connectivity index is 2.50. The number of carboxylic acids is 1. The van der Waals surface area contributed by atoms with Crippen LogP contribution in [0.1, 0.15) is 28.7 Å². The van der Waals surface area contributed by atoms with Crippen LogP contribution in [0.25, 0.3) is 10.6 Å². The zero-order valence-corrected chi connectivity index (χ0v) is 10.7. The molecule has 3 N–H and O–H groups in total. The Morgan fingerprint density at radius 1 is 1.56 bits per heavy atom. The SMILES string of the molecule is CCCc1nc(-c2cccnc2N)sc1C(=O)O. The van der Waals surface area contributed by atoms with Gasteiger partial charge in [0, 0.05) is 6.20 Å². The molecule has 18 heavy (non-hydrogen) atoms. The Bertz CT molecular complexity index is 580. The minimum atomic E-state index is -0.940. The van der Waals surface area contributed by atoms with Gasteiger partial charge in [0.25, 0.3) is 0 Å². The average molecular weight is 263 g/mol. The van der Waals surface area contributed by atoms with E-state index in [1.807, 2.05) is 6.92 Å². The fourth-order valence-electron chi connectivity index (χ4n) is 1.64. The van der Waals surface area contributed by atoms with Gasteiger partial charge in [-0.25, -0.2) is 14.8 Å². The van der Waals surface area contributed by atoms with E-state index < -0.39 is 5.97 Å². The Hall–Kier alpha value is -1.95. The second-order valence-electron chi connectivity index (χ2n) is 3.79. The second kappa shape index (κ2) is 5.14. The van der Waals surface area contributed by atoms with E-state index in [1.54, 1.807) is 18.3 Å². The lowest BCUT2D eigenvalue weighted by molar-refractivity contribution is 0.0700. The summed E-state index contributed by atoms with van der Waals surface area (Å²) in [7, 11) is 0. The summed E-state index contributed by atoms with van der Waals surface area (Å²) in [4.78, 5) is 19.8. The highest BCUT2D eigenvalue weighted by Crippen LogP contribution is 2.31. The van der Waals surface area contributed by atoms with Crippen molar-refractivity contribution in [1.82, 2.24) is 9.97 Å². The van der Waals surface area contributed by atoms with E-state index in [0.717, 1.165) is 17.8 Å². The molecule has 6 heteroatoms. The van der Waals surface area contributed by atoms with Crippen molar-refractivity contribution in [2.75, 3.05) is 5.73 Å². The molecule has 2 rings (SSSR count). The Morgan fingerprint density at radius 2 is 2.33 bits per heavy atom. The first kappa shape index (κ1) is 12.5. The van der Waals surface area contributed by atoms with Crippen LogP contribution in [-0.2, 0) is 6.42 Å². The van der Waals surface area contributed by atoms with Gasteiger partial charge in [-0.05, 0) is 18.6 Å². The number of aromatic nitrogens is 2. The molecule has 0 spiro atoms. The monoisotopic (exact) mass is 263 g/mol. The number of aryl methyl sites for hydroxylation is 1. The third-order valence-electron chi connectivity index (χ3n) is 2.45. The van der Waals surface area contributed by atoms with Crippen molar-refractivity contribution >= 4 is 23.1 Å². The van der Waals surface area contributed by atoms with Gasteiger partial charge in [-0.3, -0.25) is 0 Å². The third-order valence-corrected chi connectivity index (χ3v) is 3.57. The number of nitrogens with zero attached hydrogens (tertiary/aromatic N) is 2. The number of nitrogen functional groups attached to an aromatic ring is 1. The van der Waals surface area contributed by atoms with Gasteiger partial charge in [0.2, 0.25) is 0 Å². The average Bonchev–Trinajstić information content (AvgIpc) is 2.74. The quantitative estimate of drug-likeness (QED) is 0.884. The van der Waals surface area contributed by atoms with Gasteiger partial charge in [-0.15, -0.1) is 11.3 Å². The Morgan fingerprint density at radius 3 is 2.94 bits per heavy atom. The standard InChI is InChI=1S/C12H13N3O2S/c1-2-4-8-9(12(16)17)18-11(15-8)7-5-3-6-14-10(7)13/h3,5-6H,2,4H2,1H3,(H2,13,14)(H,16,17). The zero-order valence-electron chi connectivity index (χ0n) is 9.88. The lowest BCUT2D eigenvalue weighted by Crippen LogP contribution is -1.98. The molecular weight excluding hydrogens is 250 g/mol. The summed E-state index contributed by atoms with van der Waals surface area (Å²) in [6.07, 6.45) is 3.10. The van der Waals surface area contributed by atoms with E-state index in [1.165, 1.54) is 0 Å². The predicted octanol–water partition coefficient (Wildman–Crippen LogP) is 2.44. The Labute approximate surface area is 108 Å². The first-order chi connectivity index (χ1) is 8.63. The van der Waals surface area contributed by atoms with E-state index in [2.05, 4.69) is 9.97 Å². The van der Waals surface area contributed by atoms with E-state index in [-0.39, 0.29) is 4.88 Å². The van der Waals surface area contributed by atoms with Crippen molar-refractivity contribution in [3.63, 3.8) is 0 Å². The van der Waals surface area contributed by atoms with Crippen molar-refractivity contribution in [3.05, 3.63) is 28.9 Å². The third kappa shape index (κ3) is 2.33. The predicted molar refractivity (Wildman–Crippen MR) is 70.7 cm³/mol. The molecule has 0 fully saturated rings. The van der Waals surface area contributed by atoms with Gasteiger partial charge < -0.3 is 10.8 Å². The molecule has 0 aromatic carbocycles. The number of carbonyl (C=O) groups is 1. The second-order valence-corrected chi connectivity index (χ2v) is 4.79. The lowest BCUT2D eigenvalue weighted by Gasteiger charge is -1.98. The van der Waals surface area contributed by atoms with Crippen LogP contribution in [0.15, 0.2) is 18.3 Å². The fourth-order valence-corrected chi connectivity index (χ4v) is 2.62. The van der Waals surface area contributed by atoms with E-state index in [0.29, 0.717) is 28.5 Å². The largest absolute Gasteiger partial charge is 0.477 e. The highest BCUT2D eigenvalue weighted by Gasteiger charge is 2.18. The summed E-state index contributed by atoms with van der Waals surface area (Å²) in [5.41, 5.74) is 7.08. The van der Waals surface area contributed by atoms with Crippen LogP contribution < -0.4 is 5.73 Å². The summed E-state index contributed by atoms with van der Waals surface area (Å²) in [5.74, 6) is -0.573. The number of aromatic carboxylic acids is 1. The van der Waals surface area contributed by atoms with Gasteiger partial charge in [0.1, 0.15) is 15.7 Å². The number of pyridine rings is 1. The maximum absolute atomic E-state index is 11.1. The summed E-state index contributed by atoms with van der Waals surface area (Å²) in [5, 5.41) is 9.76. The maximum Gasteiger partial charge on any atom is 0.347 e. The highest BCUT2D eigenvalue weighted by molar-refractivity contribution is 7.17. The zero-order chi connectivity index (χ0) is 13.1. The molecule has 5 nitrogen and oxygen atoms in total. The molecule has 0 unspecified atom stereocenters. The number of rotatable bonds is 4. The first-order valence-corrected chi connectivity index (χ1v) is 6.39. The molecule has 0 bridgehead atoms. The van der Waals surface area contributed by atoms with Crippen LogP contribution in [0, 0.1) is 0 Å². The fraction of sp³-hybridized carbons (Fsp3) is 0.250. The van der Waals surface area contributed by atoms with E-state index in [4.69, 9.17) is 10.8 Å². The molecule has 0 saturated heterocycles. The molecular formula is C12H13N3O2S. The molecule has 94 valence electrons. The smallest absolute Gasteiger partial charge is 0.347 e. The number of hydrogen-bond acceptors (Lipinski definition) is 5. The van der Waals surface area contributed by atoms with E-state index >= 15 is 0 Å². The molecule has 0 aliphatic heterocycles. The normalized spacial score (nSPS) is 10.5. The molecule has 2 aromatic heterocycles. The number of nitrogens with two attached hydrogens (primary N) is 1. The van der Waals surface area contributed by atoms with Crippen molar-refractivity contribution in [2.24, 2.45) is 0 Å². The van der Waals surface area contributed by atoms with Crippen LogP contribution >= 0.6 is 11.3 Å². The Kier molecular flexibility index (Phi) is 3.57. The number of carboxylic acid groups (broad SMARTS) is 1. The molecule has 0 atom stereocenters. The van der Waals surface area contributed by atoms with Gasteiger partial charge in [0.15, 0.2) is 0 Å². The molecule has 0 aliphatic rings. The molecule has 0 saturated carbocycles. The summed E-state index contributed by atoms with van der Waals surface area (Å²) >= 11 is 1.14. The molecule has 0 aliphatic carbocycles. The first-order valence-electron chi connectivity index (χ1n) is 5.57. The van der Waals surface area contributed by atoms with Crippen LogP contribution in [0.2, 0.25) is 0 Å². The van der Waals surface area contributed by atoms with Crippen LogP contribution in [0.3, 0.4) is 0 Å². The molecule has 0 radical (unpaired) electrons. The summed E-state index contributed by atoms with van der Waals surface area (Å²) in [6, 6.07) is 3.55. The number of anilines is 1. The van der Waals surface area contributed by atoms with Crippen LogP contribution in [0.4, 0.5) is 5.82 Å². The molecule has 0 amide bonds. The van der Waals surface area contributed by atoms with Crippen molar-refractivity contribution in [2.45, 2.75) is 19.8 Å².